The highest BCUT2D eigenvalue weighted by Crippen LogP contribution is 2.08. The van der Waals surface area contributed by atoms with Crippen molar-refractivity contribution in [2.45, 2.75) is 6.73 Å². The lowest BCUT2D eigenvalue weighted by Crippen LogP contribution is -2.32. The molecule has 0 bridgehead atoms. The van der Waals surface area contributed by atoms with Crippen LogP contribution >= 0.6 is 0 Å². The first kappa shape index (κ1) is 11.1. The van der Waals surface area contributed by atoms with Gasteiger partial charge in [0.15, 0.2) is 6.73 Å². The summed E-state index contributed by atoms with van der Waals surface area (Å²) in [5, 5.41) is 0. The van der Waals surface area contributed by atoms with E-state index in [4.69, 9.17) is 4.74 Å². The number of aromatic amines is 1. The van der Waals surface area contributed by atoms with E-state index in [1.807, 2.05) is 11.1 Å². The second kappa shape index (κ2) is 4.65. The number of aromatic nitrogens is 2. The summed E-state index contributed by atoms with van der Waals surface area (Å²) in [4.78, 5) is 23.9. The van der Waals surface area contributed by atoms with Crippen molar-refractivity contribution >= 4 is 0 Å². The minimum atomic E-state index is -1.04. The summed E-state index contributed by atoms with van der Waals surface area (Å²) in [6.45, 7) is -0.170. The molecule has 0 saturated heterocycles. The van der Waals surface area contributed by atoms with Gasteiger partial charge in [-0.15, -0.1) is 0 Å². The Morgan fingerprint density at radius 1 is 1.24 bits per heavy atom. The molecule has 5 nitrogen and oxygen atoms in total. The van der Waals surface area contributed by atoms with Crippen molar-refractivity contribution in [3.05, 3.63) is 63.2 Å². The van der Waals surface area contributed by atoms with Crippen LogP contribution in [0.3, 0.4) is 0 Å². The van der Waals surface area contributed by atoms with Gasteiger partial charge in [-0.25, -0.2) is 4.79 Å². The van der Waals surface area contributed by atoms with Gasteiger partial charge >= 0.3 is 5.69 Å². The molecule has 0 fully saturated rings. The van der Waals surface area contributed by atoms with E-state index in [1.54, 1.807) is 24.3 Å². The zero-order valence-corrected chi connectivity index (χ0v) is 8.72. The second-order valence-corrected chi connectivity index (χ2v) is 3.29. The van der Waals surface area contributed by atoms with Gasteiger partial charge in [0, 0.05) is 0 Å². The van der Waals surface area contributed by atoms with Crippen molar-refractivity contribution in [2.75, 3.05) is 0 Å². The fraction of sp³-hybridized carbons (Fsp3) is 0.0909. The summed E-state index contributed by atoms with van der Waals surface area (Å²) in [5.41, 5.74) is -1.75. The Hall–Kier alpha value is -2.37. The van der Waals surface area contributed by atoms with Gasteiger partial charge in [0.2, 0.25) is 5.82 Å². The Labute approximate surface area is 95.1 Å². The van der Waals surface area contributed by atoms with Crippen LogP contribution in [0.25, 0.3) is 0 Å². The predicted molar refractivity (Wildman–Crippen MR) is 58.4 cm³/mol. The molecule has 1 N–H and O–H groups in total. The van der Waals surface area contributed by atoms with Crippen LogP contribution in [0.5, 0.6) is 5.75 Å². The summed E-state index contributed by atoms with van der Waals surface area (Å²) in [5.74, 6) is -0.479. The summed E-state index contributed by atoms with van der Waals surface area (Å²) in [6, 6.07) is 8.76. The smallest absolute Gasteiger partial charge is 0.331 e. The molecule has 17 heavy (non-hydrogen) atoms. The van der Waals surface area contributed by atoms with Crippen molar-refractivity contribution in [1.29, 1.82) is 0 Å². The lowest BCUT2D eigenvalue weighted by atomic mass is 10.3. The first-order chi connectivity index (χ1) is 8.16. The van der Waals surface area contributed by atoms with E-state index in [9.17, 15) is 14.0 Å². The van der Waals surface area contributed by atoms with E-state index in [0.29, 0.717) is 5.75 Å². The van der Waals surface area contributed by atoms with Crippen LogP contribution in [-0.4, -0.2) is 9.55 Å². The van der Waals surface area contributed by atoms with Crippen LogP contribution < -0.4 is 16.0 Å². The van der Waals surface area contributed by atoms with E-state index in [-0.39, 0.29) is 6.73 Å². The molecule has 0 aliphatic heterocycles. The van der Waals surface area contributed by atoms with E-state index in [0.717, 1.165) is 10.8 Å². The van der Waals surface area contributed by atoms with Gasteiger partial charge in [0.25, 0.3) is 5.56 Å². The Morgan fingerprint density at radius 3 is 2.65 bits per heavy atom. The molecule has 0 amide bonds. The summed E-state index contributed by atoms with van der Waals surface area (Å²) in [6.07, 6.45) is 0.810. The highest BCUT2D eigenvalue weighted by atomic mass is 19.1. The van der Waals surface area contributed by atoms with Crippen LogP contribution in [0.15, 0.2) is 46.1 Å². The molecule has 0 unspecified atom stereocenters. The van der Waals surface area contributed by atoms with E-state index >= 15 is 0 Å². The van der Waals surface area contributed by atoms with Gasteiger partial charge in [-0.2, -0.15) is 4.39 Å². The minimum Gasteiger partial charge on any atom is -0.473 e. The molecule has 0 radical (unpaired) electrons. The number of nitrogens with one attached hydrogen (secondary N) is 1. The standard InChI is InChI=1S/C11H9FN2O3/c12-9-6-14(11(16)13-10(9)15)7-17-8-4-2-1-3-5-8/h1-6H,7H2,(H,13,15,16). The zero-order chi connectivity index (χ0) is 12.3. The summed E-state index contributed by atoms with van der Waals surface area (Å²) < 4.78 is 19.1. The first-order valence-electron chi connectivity index (χ1n) is 4.84. The Morgan fingerprint density at radius 2 is 1.94 bits per heavy atom. The van der Waals surface area contributed by atoms with Crippen LogP contribution in [0, 0.1) is 5.82 Å². The fourth-order valence-electron chi connectivity index (χ4n) is 1.24. The lowest BCUT2D eigenvalue weighted by molar-refractivity contribution is 0.227. The SMILES string of the molecule is O=c1[nH]c(=O)n(COc2ccccc2)cc1F. The molecular formula is C11H9FN2O3. The lowest BCUT2D eigenvalue weighted by Gasteiger charge is -2.07. The van der Waals surface area contributed by atoms with Crippen LogP contribution in [0.4, 0.5) is 4.39 Å². The number of hydrogen-bond donors (Lipinski definition) is 1. The largest absolute Gasteiger partial charge is 0.473 e. The first-order valence-corrected chi connectivity index (χ1v) is 4.84. The third-order valence-electron chi connectivity index (χ3n) is 2.08. The van der Waals surface area contributed by atoms with Crippen LogP contribution in [-0.2, 0) is 6.73 Å². The Balaban J connectivity index is 2.18. The molecule has 88 valence electrons. The van der Waals surface area contributed by atoms with Crippen molar-refractivity contribution < 1.29 is 9.13 Å². The van der Waals surface area contributed by atoms with Crippen LogP contribution in [0.1, 0.15) is 0 Å². The monoisotopic (exact) mass is 236 g/mol. The number of rotatable bonds is 3. The average molecular weight is 236 g/mol. The molecule has 2 rings (SSSR count). The number of para-hydroxylation sites is 1. The number of halogens is 1. The van der Waals surface area contributed by atoms with Gasteiger partial charge in [0.05, 0.1) is 6.20 Å². The minimum absolute atomic E-state index is 0.170. The average Bonchev–Trinajstić information content (AvgIpc) is 2.33. The molecule has 1 heterocycles. The molecule has 0 atom stereocenters. The fourth-order valence-corrected chi connectivity index (χ4v) is 1.24. The van der Waals surface area contributed by atoms with Crippen LogP contribution in [0.2, 0.25) is 0 Å². The van der Waals surface area contributed by atoms with Gasteiger partial charge < -0.3 is 4.74 Å². The summed E-state index contributed by atoms with van der Waals surface area (Å²) in [7, 11) is 0. The number of H-pyrrole nitrogens is 1. The molecule has 0 aliphatic carbocycles. The normalized spacial score (nSPS) is 10.2. The van der Waals surface area contributed by atoms with Gasteiger partial charge in [-0.1, -0.05) is 18.2 Å². The highest BCUT2D eigenvalue weighted by molar-refractivity contribution is 5.20. The van der Waals surface area contributed by atoms with Gasteiger partial charge in [-0.05, 0) is 12.1 Å². The van der Waals surface area contributed by atoms with Gasteiger partial charge in [-0.3, -0.25) is 14.3 Å². The second-order valence-electron chi connectivity index (χ2n) is 3.29. The van der Waals surface area contributed by atoms with E-state index < -0.39 is 17.1 Å². The predicted octanol–water partition coefficient (Wildman–Crippen LogP) is 0.712. The topological polar surface area (TPSA) is 64.1 Å². The molecule has 2 aromatic rings. The third-order valence-corrected chi connectivity index (χ3v) is 2.08. The number of hydrogen-bond acceptors (Lipinski definition) is 3. The molecule has 1 aromatic heterocycles. The number of benzene rings is 1. The van der Waals surface area contributed by atoms with Crippen molar-refractivity contribution in [2.24, 2.45) is 0 Å². The third kappa shape index (κ3) is 2.60. The molecule has 1 aromatic carbocycles. The van der Waals surface area contributed by atoms with Crippen molar-refractivity contribution in [1.82, 2.24) is 9.55 Å². The molecule has 0 spiro atoms. The maximum Gasteiger partial charge on any atom is 0.331 e. The zero-order valence-electron chi connectivity index (χ0n) is 8.72. The number of nitrogens with zero attached hydrogens (tertiary/aromatic N) is 1. The Bertz CT molecular complexity index is 619. The highest BCUT2D eigenvalue weighted by Gasteiger charge is 2.03. The van der Waals surface area contributed by atoms with Gasteiger partial charge in [0.1, 0.15) is 5.75 Å². The van der Waals surface area contributed by atoms with E-state index in [2.05, 4.69) is 0 Å². The maximum absolute atomic E-state index is 12.9. The Kier molecular flexibility index (Phi) is 3.04. The maximum atomic E-state index is 12.9. The van der Waals surface area contributed by atoms with Crippen molar-refractivity contribution in [3.8, 4) is 5.75 Å². The number of ether oxygens (including phenoxy) is 1. The molecule has 0 saturated carbocycles. The molecule has 6 heteroatoms. The molecular weight excluding hydrogens is 227 g/mol. The molecule has 0 aliphatic rings. The summed E-state index contributed by atoms with van der Waals surface area (Å²) >= 11 is 0. The van der Waals surface area contributed by atoms with E-state index in [1.165, 1.54) is 0 Å². The quantitative estimate of drug-likeness (QED) is 0.853. The van der Waals surface area contributed by atoms with Crippen molar-refractivity contribution in [3.63, 3.8) is 0 Å².